The molecular weight excluding hydrogens is 330 g/mol. The predicted molar refractivity (Wildman–Crippen MR) is 85.2 cm³/mol. The zero-order valence-corrected chi connectivity index (χ0v) is 13.1. The molecule has 0 spiro atoms. The maximum Gasteiger partial charge on any atom is 0.168 e. The molecule has 0 aliphatic rings. The first-order valence-electron chi connectivity index (χ1n) is 6.58. The Bertz CT molecular complexity index is 768. The summed E-state index contributed by atoms with van der Waals surface area (Å²) >= 11 is 3.47. The van der Waals surface area contributed by atoms with E-state index in [1.54, 1.807) is 0 Å². The highest BCUT2D eigenvalue weighted by Gasteiger charge is 2.16. The Balaban J connectivity index is 2.22. The van der Waals surface area contributed by atoms with Crippen LogP contribution in [0.15, 0.2) is 53.0 Å². The molecule has 3 aromatic rings. The molecule has 0 radical (unpaired) electrons. The first-order valence-corrected chi connectivity index (χ1v) is 7.37. The Morgan fingerprint density at radius 3 is 2.52 bits per heavy atom. The van der Waals surface area contributed by atoms with Gasteiger partial charge in [-0.3, -0.25) is 4.57 Å². The van der Waals surface area contributed by atoms with E-state index in [4.69, 9.17) is 0 Å². The molecule has 1 aromatic heterocycles. The van der Waals surface area contributed by atoms with Gasteiger partial charge in [0.25, 0.3) is 0 Å². The number of hydrogen-bond acceptors (Lipinski definition) is 3. The average Bonchev–Trinajstić information content (AvgIpc) is 2.92. The number of aromatic nitrogens is 3. The SMILES string of the molecule is Cc1cc(Br)ccc1-c1nnc(CO)n1-c1ccccc1. The van der Waals surface area contributed by atoms with Gasteiger partial charge in [-0.1, -0.05) is 34.1 Å². The van der Waals surface area contributed by atoms with Crippen molar-refractivity contribution in [3.63, 3.8) is 0 Å². The maximum atomic E-state index is 9.52. The van der Waals surface area contributed by atoms with E-state index in [0.717, 1.165) is 27.1 Å². The van der Waals surface area contributed by atoms with Crippen LogP contribution in [0.3, 0.4) is 0 Å². The highest BCUT2D eigenvalue weighted by atomic mass is 79.9. The monoisotopic (exact) mass is 343 g/mol. The molecule has 5 heteroatoms. The third-order valence-electron chi connectivity index (χ3n) is 3.32. The summed E-state index contributed by atoms with van der Waals surface area (Å²) in [6.07, 6.45) is 0. The Kier molecular flexibility index (Phi) is 3.86. The van der Waals surface area contributed by atoms with Crippen molar-refractivity contribution < 1.29 is 5.11 Å². The average molecular weight is 344 g/mol. The van der Waals surface area contributed by atoms with Crippen LogP contribution in [0, 0.1) is 6.92 Å². The van der Waals surface area contributed by atoms with Crippen molar-refractivity contribution >= 4 is 15.9 Å². The molecule has 0 saturated heterocycles. The van der Waals surface area contributed by atoms with Crippen molar-refractivity contribution in [3.05, 3.63) is 64.4 Å². The number of aliphatic hydroxyl groups excluding tert-OH is 1. The van der Waals surface area contributed by atoms with Crippen molar-refractivity contribution in [1.82, 2.24) is 14.8 Å². The molecule has 1 heterocycles. The maximum absolute atomic E-state index is 9.52. The minimum atomic E-state index is -0.155. The Morgan fingerprint density at radius 1 is 1.10 bits per heavy atom. The lowest BCUT2D eigenvalue weighted by Gasteiger charge is -2.11. The van der Waals surface area contributed by atoms with E-state index in [2.05, 4.69) is 26.1 Å². The molecule has 106 valence electrons. The summed E-state index contributed by atoms with van der Waals surface area (Å²) in [5.74, 6) is 1.26. The topological polar surface area (TPSA) is 50.9 Å². The summed E-state index contributed by atoms with van der Waals surface area (Å²) in [6.45, 7) is 1.88. The van der Waals surface area contributed by atoms with Crippen LogP contribution in [0.2, 0.25) is 0 Å². The third kappa shape index (κ3) is 2.62. The van der Waals surface area contributed by atoms with Gasteiger partial charge in [0.2, 0.25) is 0 Å². The smallest absolute Gasteiger partial charge is 0.168 e. The number of aryl methyl sites for hydroxylation is 1. The van der Waals surface area contributed by atoms with Crippen LogP contribution in [0.1, 0.15) is 11.4 Å². The van der Waals surface area contributed by atoms with Gasteiger partial charge in [0.1, 0.15) is 6.61 Å². The number of benzene rings is 2. The van der Waals surface area contributed by atoms with Crippen molar-refractivity contribution in [3.8, 4) is 17.1 Å². The molecule has 0 amide bonds. The van der Waals surface area contributed by atoms with Gasteiger partial charge in [-0.05, 0) is 42.8 Å². The molecule has 0 aliphatic heterocycles. The first kappa shape index (κ1) is 14.0. The van der Waals surface area contributed by atoms with Crippen molar-refractivity contribution in [2.45, 2.75) is 13.5 Å². The number of para-hydroxylation sites is 1. The summed E-state index contributed by atoms with van der Waals surface area (Å²) < 4.78 is 2.91. The van der Waals surface area contributed by atoms with Crippen LogP contribution in [-0.4, -0.2) is 19.9 Å². The Labute approximate surface area is 131 Å². The summed E-state index contributed by atoms with van der Waals surface area (Å²) in [4.78, 5) is 0. The van der Waals surface area contributed by atoms with E-state index in [9.17, 15) is 5.11 Å². The summed E-state index contributed by atoms with van der Waals surface area (Å²) in [7, 11) is 0. The van der Waals surface area contributed by atoms with Gasteiger partial charge in [0.15, 0.2) is 11.6 Å². The number of hydrogen-bond donors (Lipinski definition) is 1. The second-order valence-electron chi connectivity index (χ2n) is 4.73. The molecule has 0 saturated carbocycles. The summed E-state index contributed by atoms with van der Waals surface area (Å²) in [5, 5.41) is 17.9. The van der Waals surface area contributed by atoms with E-state index in [1.807, 2.05) is 60.0 Å². The number of rotatable bonds is 3. The molecule has 1 N–H and O–H groups in total. The lowest BCUT2D eigenvalue weighted by Crippen LogP contribution is -2.03. The highest BCUT2D eigenvalue weighted by molar-refractivity contribution is 9.10. The summed E-state index contributed by atoms with van der Waals surface area (Å²) in [6, 6.07) is 15.8. The standard InChI is InChI=1S/C16H14BrN3O/c1-11-9-12(17)7-8-14(11)16-19-18-15(10-21)20(16)13-5-3-2-4-6-13/h2-9,21H,10H2,1H3. The molecule has 0 unspecified atom stereocenters. The molecule has 2 aromatic carbocycles. The number of halogens is 1. The van der Waals surface area contributed by atoms with E-state index < -0.39 is 0 Å². The lowest BCUT2D eigenvalue weighted by molar-refractivity contribution is 0.269. The fourth-order valence-electron chi connectivity index (χ4n) is 2.32. The van der Waals surface area contributed by atoms with Gasteiger partial charge in [-0.25, -0.2) is 0 Å². The van der Waals surface area contributed by atoms with E-state index in [0.29, 0.717) is 5.82 Å². The molecule has 0 bridgehead atoms. The van der Waals surface area contributed by atoms with Crippen molar-refractivity contribution in [1.29, 1.82) is 0 Å². The van der Waals surface area contributed by atoms with Crippen LogP contribution >= 0.6 is 15.9 Å². The minimum absolute atomic E-state index is 0.155. The van der Waals surface area contributed by atoms with Gasteiger partial charge in [-0.2, -0.15) is 0 Å². The zero-order valence-electron chi connectivity index (χ0n) is 11.5. The molecule has 0 atom stereocenters. The predicted octanol–water partition coefficient (Wildman–Crippen LogP) is 3.50. The quantitative estimate of drug-likeness (QED) is 0.791. The zero-order chi connectivity index (χ0) is 14.8. The fourth-order valence-corrected chi connectivity index (χ4v) is 2.80. The number of aliphatic hydroxyl groups is 1. The van der Waals surface area contributed by atoms with Crippen LogP contribution in [0.25, 0.3) is 17.1 Å². The summed E-state index contributed by atoms with van der Waals surface area (Å²) in [5.41, 5.74) is 3.02. The van der Waals surface area contributed by atoms with E-state index >= 15 is 0 Å². The normalized spacial score (nSPS) is 10.8. The molecule has 3 rings (SSSR count). The molecular formula is C16H14BrN3O. The van der Waals surface area contributed by atoms with E-state index in [1.165, 1.54) is 0 Å². The minimum Gasteiger partial charge on any atom is -0.388 e. The van der Waals surface area contributed by atoms with Crippen LogP contribution < -0.4 is 0 Å². The van der Waals surface area contributed by atoms with Crippen molar-refractivity contribution in [2.24, 2.45) is 0 Å². The highest BCUT2D eigenvalue weighted by Crippen LogP contribution is 2.27. The van der Waals surface area contributed by atoms with Gasteiger partial charge in [0, 0.05) is 15.7 Å². The van der Waals surface area contributed by atoms with Crippen LogP contribution in [0.5, 0.6) is 0 Å². The van der Waals surface area contributed by atoms with Crippen molar-refractivity contribution in [2.75, 3.05) is 0 Å². The second kappa shape index (κ2) is 5.79. The molecule has 0 fully saturated rings. The van der Waals surface area contributed by atoms with Crippen LogP contribution in [0.4, 0.5) is 0 Å². The Hall–Kier alpha value is -1.98. The van der Waals surface area contributed by atoms with Gasteiger partial charge in [-0.15, -0.1) is 10.2 Å². The largest absolute Gasteiger partial charge is 0.388 e. The van der Waals surface area contributed by atoms with Gasteiger partial charge in [0.05, 0.1) is 0 Å². The third-order valence-corrected chi connectivity index (χ3v) is 3.81. The molecule has 0 aliphatic carbocycles. The van der Waals surface area contributed by atoms with Gasteiger partial charge >= 0.3 is 0 Å². The van der Waals surface area contributed by atoms with Crippen LogP contribution in [-0.2, 0) is 6.61 Å². The lowest BCUT2D eigenvalue weighted by atomic mass is 10.1. The second-order valence-corrected chi connectivity index (χ2v) is 5.64. The molecule has 21 heavy (non-hydrogen) atoms. The number of nitrogens with zero attached hydrogens (tertiary/aromatic N) is 3. The van der Waals surface area contributed by atoms with Gasteiger partial charge < -0.3 is 5.11 Å². The fraction of sp³-hybridized carbons (Fsp3) is 0.125. The molecule has 4 nitrogen and oxygen atoms in total. The van der Waals surface area contributed by atoms with E-state index in [-0.39, 0.29) is 6.61 Å². The first-order chi connectivity index (χ1) is 10.2. The Morgan fingerprint density at radius 2 is 1.86 bits per heavy atom.